The lowest BCUT2D eigenvalue weighted by molar-refractivity contribution is -0.137. The molecule has 3 rings (SSSR count). The van der Waals surface area contributed by atoms with E-state index in [2.05, 4.69) is 25.1 Å². The summed E-state index contributed by atoms with van der Waals surface area (Å²) in [6.45, 7) is 2.88. The first-order valence-corrected chi connectivity index (χ1v) is 8.50. The molecule has 0 radical (unpaired) electrons. The van der Waals surface area contributed by atoms with E-state index in [1.54, 1.807) is 13.8 Å². The van der Waals surface area contributed by atoms with Gasteiger partial charge in [0.2, 0.25) is 10.0 Å². The standard InChI is InChI=1S/C13H13F3N6O2S/c1-7-12(8(2)19-18-7)25(23,24)17-6-11-21-20-10-5-9(13(14,15)16)3-4-22(10)11/h3-5,17H,6H2,1-2H3,(H,18,19). The van der Waals surface area contributed by atoms with Gasteiger partial charge in [-0.3, -0.25) is 9.50 Å². The Kier molecular flexibility index (Phi) is 4.03. The Morgan fingerprint density at radius 1 is 1.28 bits per heavy atom. The van der Waals surface area contributed by atoms with Crippen LogP contribution in [0.25, 0.3) is 5.65 Å². The number of aryl methyl sites for hydroxylation is 2. The molecule has 3 heterocycles. The summed E-state index contributed by atoms with van der Waals surface area (Å²) in [5.74, 6) is 0.158. The molecular weight excluding hydrogens is 361 g/mol. The first-order chi connectivity index (χ1) is 11.6. The van der Waals surface area contributed by atoms with Gasteiger partial charge in [-0.15, -0.1) is 10.2 Å². The van der Waals surface area contributed by atoms with Gasteiger partial charge in [0.15, 0.2) is 11.5 Å². The maximum Gasteiger partial charge on any atom is 0.416 e. The van der Waals surface area contributed by atoms with Crippen LogP contribution in [0.3, 0.4) is 0 Å². The number of nitrogens with one attached hydrogen (secondary N) is 2. The smallest absolute Gasteiger partial charge is 0.285 e. The number of halogens is 3. The zero-order chi connectivity index (χ0) is 18.4. The molecule has 0 spiro atoms. The Labute approximate surface area is 140 Å². The number of nitrogens with zero attached hydrogens (tertiary/aromatic N) is 4. The second-order valence-corrected chi connectivity index (χ2v) is 7.05. The van der Waals surface area contributed by atoms with Gasteiger partial charge in [0.05, 0.1) is 23.5 Å². The van der Waals surface area contributed by atoms with Crippen molar-refractivity contribution in [2.45, 2.75) is 31.5 Å². The topological polar surface area (TPSA) is 105 Å². The summed E-state index contributed by atoms with van der Waals surface area (Å²) in [5.41, 5.74) is -0.194. The van der Waals surface area contributed by atoms with Crippen LogP contribution < -0.4 is 4.72 Å². The van der Waals surface area contributed by atoms with Gasteiger partial charge in [-0.25, -0.2) is 13.1 Å². The maximum atomic E-state index is 12.7. The summed E-state index contributed by atoms with van der Waals surface area (Å²) >= 11 is 0. The molecule has 2 N–H and O–H groups in total. The Morgan fingerprint density at radius 3 is 2.60 bits per heavy atom. The predicted molar refractivity (Wildman–Crippen MR) is 80.1 cm³/mol. The maximum absolute atomic E-state index is 12.7. The summed E-state index contributed by atoms with van der Waals surface area (Å²) in [5, 5.41) is 13.8. The van der Waals surface area contributed by atoms with Crippen LogP contribution in [-0.2, 0) is 22.7 Å². The molecule has 0 aliphatic heterocycles. The Hall–Kier alpha value is -2.47. The molecule has 0 saturated carbocycles. The lowest BCUT2D eigenvalue weighted by Crippen LogP contribution is -2.25. The van der Waals surface area contributed by atoms with Gasteiger partial charge in [0.1, 0.15) is 4.90 Å². The minimum absolute atomic E-state index is 0.0281. The summed E-state index contributed by atoms with van der Waals surface area (Å²) in [6, 6.07) is 1.72. The molecule has 3 aromatic heterocycles. The SMILES string of the molecule is Cc1n[nH]c(C)c1S(=O)(=O)NCc1nnc2cc(C(F)(F)F)ccn12. The Balaban J connectivity index is 1.87. The van der Waals surface area contributed by atoms with Crippen molar-refractivity contribution in [2.75, 3.05) is 0 Å². The third-order valence-electron chi connectivity index (χ3n) is 3.56. The summed E-state index contributed by atoms with van der Waals surface area (Å²) in [6.07, 6.45) is -3.35. The van der Waals surface area contributed by atoms with E-state index in [9.17, 15) is 21.6 Å². The molecule has 0 unspecified atom stereocenters. The van der Waals surface area contributed by atoms with Crippen molar-refractivity contribution in [3.63, 3.8) is 0 Å². The van der Waals surface area contributed by atoms with E-state index in [0.717, 1.165) is 18.3 Å². The van der Waals surface area contributed by atoms with E-state index < -0.39 is 21.8 Å². The van der Waals surface area contributed by atoms with Crippen molar-refractivity contribution in [2.24, 2.45) is 0 Å². The average molecular weight is 374 g/mol. The van der Waals surface area contributed by atoms with E-state index in [0.29, 0.717) is 11.4 Å². The zero-order valence-corrected chi connectivity index (χ0v) is 13.9. The van der Waals surface area contributed by atoms with Gasteiger partial charge < -0.3 is 0 Å². The van der Waals surface area contributed by atoms with E-state index in [1.807, 2.05) is 0 Å². The van der Waals surface area contributed by atoms with Crippen LogP contribution in [0.4, 0.5) is 13.2 Å². The van der Waals surface area contributed by atoms with Crippen molar-refractivity contribution in [1.29, 1.82) is 0 Å². The quantitative estimate of drug-likeness (QED) is 0.721. The second-order valence-electron chi connectivity index (χ2n) is 5.35. The molecular formula is C13H13F3N6O2S. The fourth-order valence-corrected chi connectivity index (χ4v) is 3.75. The fourth-order valence-electron chi connectivity index (χ4n) is 2.41. The van der Waals surface area contributed by atoms with Crippen LogP contribution in [0, 0.1) is 13.8 Å². The molecule has 0 aliphatic carbocycles. The molecule has 0 aromatic carbocycles. The largest absolute Gasteiger partial charge is 0.416 e. The van der Waals surface area contributed by atoms with Crippen LogP contribution in [-0.4, -0.2) is 33.2 Å². The van der Waals surface area contributed by atoms with E-state index in [1.165, 1.54) is 4.40 Å². The summed E-state index contributed by atoms with van der Waals surface area (Å²) in [7, 11) is -3.86. The number of H-pyrrole nitrogens is 1. The number of fused-ring (bicyclic) bond motifs is 1. The Bertz CT molecular complexity index is 1020. The molecule has 12 heteroatoms. The molecule has 134 valence electrons. The molecule has 0 aliphatic rings. The van der Waals surface area contributed by atoms with Crippen LogP contribution in [0.5, 0.6) is 0 Å². The minimum Gasteiger partial charge on any atom is -0.285 e. The average Bonchev–Trinajstić information content (AvgIpc) is 3.07. The van der Waals surface area contributed by atoms with Crippen molar-refractivity contribution in [1.82, 2.24) is 29.5 Å². The van der Waals surface area contributed by atoms with Gasteiger partial charge in [-0.2, -0.15) is 18.3 Å². The number of rotatable bonds is 4. The monoisotopic (exact) mass is 374 g/mol. The lowest BCUT2D eigenvalue weighted by atomic mass is 10.2. The van der Waals surface area contributed by atoms with Crippen LogP contribution in [0.1, 0.15) is 22.8 Å². The normalized spacial score (nSPS) is 12.8. The van der Waals surface area contributed by atoms with Crippen molar-refractivity contribution in [3.05, 3.63) is 41.1 Å². The molecule has 8 nitrogen and oxygen atoms in total. The predicted octanol–water partition coefficient (Wildman–Crippen LogP) is 1.57. The highest BCUT2D eigenvalue weighted by Gasteiger charge is 2.31. The lowest BCUT2D eigenvalue weighted by Gasteiger charge is -2.08. The first-order valence-electron chi connectivity index (χ1n) is 7.01. The molecule has 0 saturated heterocycles. The van der Waals surface area contributed by atoms with Gasteiger partial charge in [0.25, 0.3) is 0 Å². The van der Waals surface area contributed by atoms with Gasteiger partial charge in [-0.05, 0) is 26.0 Å². The van der Waals surface area contributed by atoms with Gasteiger partial charge in [0, 0.05) is 6.20 Å². The number of pyridine rings is 1. The second kappa shape index (κ2) is 5.81. The van der Waals surface area contributed by atoms with E-state index in [4.69, 9.17) is 0 Å². The fraction of sp³-hybridized carbons (Fsp3) is 0.308. The van der Waals surface area contributed by atoms with Crippen LogP contribution in [0.2, 0.25) is 0 Å². The molecule has 0 fully saturated rings. The van der Waals surface area contributed by atoms with Crippen LogP contribution >= 0.6 is 0 Å². The Morgan fingerprint density at radius 2 is 2.00 bits per heavy atom. The van der Waals surface area contributed by atoms with E-state index in [-0.39, 0.29) is 22.9 Å². The number of hydrogen-bond acceptors (Lipinski definition) is 5. The molecule has 25 heavy (non-hydrogen) atoms. The zero-order valence-electron chi connectivity index (χ0n) is 13.1. The highest BCUT2D eigenvalue weighted by Crippen LogP contribution is 2.29. The molecule has 0 amide bonds. The number of aromatic amines is 1. The molecule has 0 atom stereocenters. The summed E-state index contributed by atoms with van der Waals surface area (Å²) < 4.78 is 66.5. The summed E-state index contributed by atoms with van der Waals surface area (Å²) in [4.78, 5) is 0.0284. The van der Waals surface area contributed by atoms with Crippen molar-refractivity contribution >= 4 is 15.7 Å². The molecule has 0 bridgehead atoms. The minimum atomic E-state index is -4.49. The number of alkyl halides is 3. The van der Waals surface area contributed by atoms with Crippen LogP contribution in [0.15, 0.2) is 23.2 Å². The van der Waals surface area contributed by atoms with Gasteiger partial charge in [-0.1, -0.05) is 0 Å². The number of aromatic nitrogens is 5. The highest BCUT2D eigenvalue weighted by atomic mass is 32.2. The highest BCUT2D eigenvalue weighted by molar-refractivity contribution is 7.89. The third kappa shape index (κ3) is 3.22. The third-order valence-corrected chi connectivity index (χ3v) is 5.22. The van der Waals surface area contributed by atoms with Crippen molar-refractivity contribution < 1.29 is 21.6 Å². The van der Waals surface area contributed by atoms with Crippen molar-refractivity contribution in [3.8, 4) is 0 Å². The van der Waals surface area contributed by atoms with Gasteiger partial charge >= 0.3 is 6.18 Å². The first kappa shape index (κ1) is 17.4. The molecule has 3 aromatic rings. The number of sulfonamides is 1. The number of hydrogen-bond donors (Lipinski definition) is 2. The van der Waals surface area contributed by atoms with E-state index >= 15 is 0 Å².